The summed E-state index contributed by atoms with van der Waals surface area (Å²) in [5.41, 5.74) is 2.82. The summed E-state index contributed by atoms with van der Waals surface area (Å²) < 4.78 is 1.76. The van der Waals surface area contributed by atoms with Gasteiger partial charge in [0.1, 0.15) is 11.4 Å². The zero-order valence-electron chi connectivity index (χ0n) is 18.3. The van der Waals surface area contributed by atoms with Crippen molar-refractivity contribution in [3.05, 3.63) is 83.6 Å². The quantitative estimate of drug-likeness (QED) is 0.430. The second-order valence-corrected chi connectivity index (χ2v) is 8.05. The number of benzene rings is 2. The fraction of sp³-hybridized carbons (Fsp3) is 0.240. The molecule has 2 heterocycles. The summed E-state index contributed by atoms with van der Waals surface area (Å²) in [6, 6.07) is 20.0. The molecule has 0 aliphatic rings. The molecule has 2 aromatic carbocycles. The van der Waals surface area contributed by atoms with Gasteiger partial charge in [-0.1, -0.05) is 49.4 Å². The maximum atomic E-state index is 12.9. The van der Waals surface area contributed by atoms with Gasteiger partial charge in [-0.05, 0) is 38.0 Å². The van der Waals surface area contributed by atoms with Crippen LogP contribution < -0.4 is 5.32 Å². The van der Waals surface area contributed by atoms with Gasteiger partial charge in [-0.25, -0.2) is 9.50 Å². The van der Waals surface area contributed by atoms with E-state index in [1.54, 1.807) is 48.7 Å². The van der Waals surface area contributed by atoms with Crippen LogP contribution in [0.25, 0.3) is 16.9 Å². The van der Waals surface area contributed by atoms with E-state index in [9.17, 15) is 15.0 Å². The highest BCUT2D eigenvalue weighted by Gasteiger charge is 2.31. The molecule has 4 aromatic rings. The number of carbonyl (C=O) groups excluding carboxylic acids is 1. The summed E-state index contributed by atoms with van der Waals surface area (Å²) in [5.74, 6) is 0.0954. The predicted molar refractivity (Wildman–Crippen MR) is 123 cm³/mol. The maximum absolute atomic E-state index is 12.9. The van der Waals surface area contributed by atoms with E-state index in [1.807, 2.05) is 43.3 Å². The molecule has 2 aromatic heterocycles. The minimum Gasteiger partial charge on any atom is -0.390 e. The van der Waals surface area contributed by atoms with Crippen molar-refractivity contribution in [1.29, 1.82) is 0 Å². The highest BCUT2D eigenvalue weighted by Crippen LogP contribution is 2.27. The van der Waals surface area contributed by atoms with Crippen LogP contribution >= 0.6 is 0 Å². The van der Waals surface area contributed by atoms with Crippen LogP contribution in [-0.4, -0.2) is 36.8 Å². The molecule has 164 valence electrons. The summed E-state index contributed by atoms with van der Waals surface area (Å²) in [5, 5.41) is 28.0. The molecule has 1 amide bonds. The number of nitrogens with zero attached hydrogens (tertiary/aromatic N) is 3. The molecular weight excluding hydrogens is 404 g/mol. The SMILES string of the molecule is CCC(O)[C@](C)(O)c1ccc(C(=O)Nc2cc(-c3ccccc3)n3nc(C)cc3n2)cc1. The van der Waals surface area contributed by atoms with Crippen LogP contribution in [0.5, 0.6) is 0 Å². The second-order valence-electron chi connectivity index (χ2n) is 8.05. The molecule has 0 saturated carbocycles. The molecule has 3 N–H and O–H groups in total. The van der Waals surface area contributed by atoms with Gasteiger partial charge in [0.25, 0.3) is 5.91 Å². The van der Waals surface area contributed by atoms with Gasteiger partial charge in [-0.3, -0.25) is 4.79 Å². The number of carbonyl (C=O) groups is 1. The molecule has 0 aliphatic carbocycles. The van der Waals surface area contributed by atoms with E-state index in [-0.39, 0.29) is 5.91 Å². The molecular formula is C25H26N4O3. The molecule has 0 radical (unpaired) electrons. The first-order valence-electron chi connectivity index (χ1n) is 10.5. The number of anilines is 1. The van der Waals surface area contributed by atoms with Crippen LogP contribution in [0.1, 0.15) is 41.9 Å². The topological polar surface area (TPSA) is 99.8 Å². The summed E-state index contributed by atoms with van der Waals surface area (Å²) in [6.07, 6.45) is -0.477. The Morgan fingerprint density at radius 3 is 2.47 bits per heavy atom. The van der Waals surface area contributed by atoms with E-state index < -0.39 is 11.7 Å². The third kappa shape index (κ3) is 4.12. The van der Waals surface area contributed by atoms with Gasteiger partial charge in [-0.15, -0.1) is 0 Å². The molecule has 32 heavy (non-hydrogen) atoms. The first kappa shape index (κ1) is 21.7. The molecule has 7 nitrogen and oxygen atoms in total. The lowest BCUT2D eigenvalue weighted by molar-refractivity contribution is -0.0678. The number of aromatic nitrogens is 3. The van der Waals surface area contributed by atoms with Crippen LogP contribution in [-0.2, 0) is 5.60 Å². The molecule has 0 saturated heterocycles. The highest BCUT2D eigenvalue weighted by molar-refractivity contribution is 6.04. The Bertz CT molecular complexity index is 1250. The van der Waals surface area contributed by atoms with E-state index in [4.69, 9.17) is 0 Å². The van der Waals surface area contributed by atoms with E-state index in [2.05, 4.69) is 15.4 Å². The van der Waals surface area contributed by atoms with Crippen LogP contribution in [0, 0.1) is 6.92 Å². The average Bonchev–Trinajstić information content (AvgIpc) is 3.18. The predicted octanol–water partition coefficient (Wildman–Crippen LogP) is 3.94. The third-order valence-electron chi connectivity index (χ3n) is 5.63. The van der Waals surface area contributed by atoms with Crippen LogP contribution in [0.2, 0.25) is 0 Å². The van der Waals surface area contributed by atoms with E-state index >= 15 is 0 Å². The summed E-state index contributed by atoms with van der Waals surface area (Å²) >= 11 is 0. The van der Waals surface area contributed by atoms with Gasteiger partial charge in [-0.2, -0.15) is 5.10 Å². The Hall–Kier alpha value is -3.55. The van der Waals surface area contributed by atoms with Crippen molar-refractivity contribution in [2.24, 2.45) is 0 Å². The van der Waals surface area contributed by atoms with Gasteiger partial charge in [0.2, 0.25) is 0 Å². The molecule has 0 spiro atoms. The van der Waals surface area contributed by atoms with E-state index in [0.29, 0.717) is 29.0 Å². The highest BCUT2D eigenvalue weighted by atomic mass is 16.3. The third-order valence-corrected chi connectivity index (χ3v) is 5.63. The zero-order chi connectivity index (χ0) is 22.9. The number of fused-ring (bicyclic) bond motifs is 1. The lowest BCUT2D eigenvalue weighted by Crippen LogP contribution is -2.36. The van der Waals surface area contributed by atoms with Crippen molar-refractivity contribution in [3.63, 3.8) is 0 Å². The Morgan fingerprint density at radius 1 is 1.12 bits per heavy atom. The number of rotatable bonds is 6. The number of amides is 1. The van der Waals surface area contributed by atoms with Crippen LogP contribution in [0.15, 0.2) is 66.7 Å². The second kappa shape index (κ2) is 8.53. The van der Waals surface area contributed by atoms with Crippen molar-refractivity contribution in [2.45, 2.75) is 38.9 Å². The minimum atomic E-state index is -1.39. The zero-order valence-corrected chi connectivity index (χ0v) is 18.3. The van der Waals surface area contributed by atoms with Crippen molar-refractivity contribution >= 4 is 17.4 Å². The summed E-state index contributed by atoms with van der Waals surface area (Å²) in [4.78, 5) is 17.4. The minimum absolute atomic E-state index is 0.320. The average molecular weight is 431 g/mol. The van der Waals surface area contributed by atoms with Gasteiger partial charge >= 0.3 is 0 Å². The normalized spacial score (nSPS) is 14.2. The number of hydrogen-bond donors (Lipinski definition) is 3. The van der Waals surface area contributed by atoms with Crippen molar-refractivity contribution in [3.8, 4) is 11.3 Å². The Balaban J connectivity index is 1.63. The smallest absolute Gasteiger partial charge is 0.256 e. The standard InChI is InChI=1S/C25H26N4O3/c1-4-21(30)25(3,32)19-12-10-18(11-13-19)24(31)27-22-15-20(17-8-6-5-7-9-17)29-23(26-22)14-16(2)28-29/h5-15,21,30,32H,4H2,1-3H3,(H,26,27,31)/t21?,25-/m1/s1. The largest absolute Gasteiger partial charge is 0.390 e. The summed E-state index contributed by atoms with van der Waals surface area (Å²) in [7, 11) is 0. The number of aliphatic hydroxyl groups excluding tert-OH is 1. The first-order valence-corrected chi connectivity index (χ1v) is 10.5. The fourth-order valence-corrected chi connectivity index (χ4v) is 3.70. The summed E-state index contributed by atoms with van der Waals surface area (Å²) in [6.45, 7) is 5.26. The lowest BCUT2D eigenvalue weighted by atomic mass is 9.88. The Morgan fingerprint density at radius 2 is 1.81 bits per heavy atom. The lowest BCUT2D eigenvalue weighted by Gasteiger charge is -2.29. The molecule has 4 rings (SSSR count). The maximum Gasteiger partial charge on any atom is 0.256 e. The van der Waals surface area contributed by atoms with Gasteiger partial charge < -0.3 is 15.5 Å². The van der Waals surface area contributed by atoms with Crippen molar-refractivity contribution in [2.75, 3.05) is 5.32 Å². The van der Waals surface area contributed by atoms with Crippen molar-refractivity contribution < 1.29 is 15.0 Å². The molecule has 7 heteroatoms. The monoisotopic (exact) mass is 430 g/mol. The number of nitrogens with one attached hydrogen (secondary N) is 1. The van der Waals surface area contributed by atoms with Gasteiger partial charge in [0, 0.05) is 23.3 Å². The van der Waals surface area contributed by atoms with Crippen LogP contribution in [0.4, 0.5) is 5.82 Å². The Labute approximate surface area is 186 Å². The molecule has 1 unspecified atom stereocenters. The van der Waals surface area contributed by atoms with Crippen molar-refractivity contribution in [1.82, 2.24) is 14.6 Å². The molecule has 0 aliphatic heterocycles. The fourth-order valence-electron chi connectivity index (χ4n) is 3.70. The number of aliphatic hydroxyl groups is 2. The Kier molecular flexibility index (Phi) is 5.78. The van der Waals surface area contributed by atoms with E-state index in [0.717, 1.165) is 17.0 Å². The number of aryl methyl sites for hydroxylation is 1. The van der Waals surface area contributed by atoms with Gasteiger partial charge in [0.15, 0.2) is 5.65 Å². The molecule has 2 atom stereocenters. The molecule has 0 bridgehead atoms. The van der Waals surface area contributed by atoms with Gasteiger partial charge in [0.05, 0.1) is 17.5 Å². The van der Waals surface area contributed by atoms with E-state index in [1.165, 1.54) is 0 Å². The number of hydrogen-bond acceptors (Lipinski definition) is 5. The first-order chi connectivity index (χ1) is 15.3. The molecule has 0 fully saturated rings. The van der Waals surface area contributed by atoms with Crippen LogP contribution in [0.3, 0.4) is 0 Å².